The molecule has 7 rings (SSSR count). The second-order valence-electron chi connectivity index (χ2n) is 10.6. The van der Waals surface area contributed by atoms with E-state index in [1.165, 1.54) is 18.4 Å². The molecule has 0 spiro atoms. The van der Waals surface area contributed by atoms with Gasteiger partial charge in [0.1, 0.15) is 0 Å². The smallest absolute Gasteiger partial charge is 0.221 e. The first-order valence-electron chi connectivity index (χ1n) is 13.4. The van der Waals surface area contributed by atoms with Crippen LogP contribution in [0.5, 0.6) is 0 Å². The van der Waals surface area contributed by atoms with Crippen LogP contribution in [0.4, 0.5) is 5.69 Å². The van der Waals surface area contributed by atoms with Gasteiger partial charge >= 0.3 is 0 Å². The zero-order valence-corrected chi connectivity index (χ0v) is 21.4. The van der Waals surface area contributed by atoms with E-state index in [-0.39, 0.29) is 12.1 Å². The van der Waals surface area contributed by atoms with Gasteiger partial charge in [0.2, 0.25) is 5.88 Å². The highest BCUT2D eigenvalue weighted by Crippen LogP contribution is 2.51. The Morgan fingerprint density at radius 3 is 2.65 bits per heavy atom. The predicted octanol–water partition coefficient (Wildman–Crippen LogP) is 4.72. The van der Waals surface area contributed by atoms with Gasteiger partial charge in [-0.15, -0.1) is 5.10 Å². The summed E-state index contributed by atoms with van der Waals surface area (Å²) >= 11 is 0. The molecule has 0 bridgehead atoms. The van der Waals surface area contributed by atoms with Gasteiger partial charge in [-0.05, 0) is 56.1 Å². The van der Waals surface area contributed by atoms with Gasteiger partial charge in [0.05, 0.1) is 47.0 Å². The highest BCUT2D eigenvalue weighted by atomic mass is 16.5. The molecule has 3 aromatic rings. The molecule has 0 amide bonds. The van der Waals surface area contributed by atoms with Gasteiger partial charge in [-0.3, -0.25) is 4.98 Å². The highest BCUT2D eigenvalue weighted by molar-refractivity contribution is 6.03. The number of ether oxygens (including phenoxy) is 2. The van der Waals surface area contributed by atoms with Crippen LogP contribution in [0.2, 0.25) is 0 Å². The van der Waals surface area contributed by atoms with Gasteiger partial charge in [0.25, 0.3) is 0 Å². The van der Waals surface area contributed by atoms with Crippen molar-refractivity contribution >= 4 is 17.5 Å². The molecule has 2 aromatic heterocycles. The summed E-state index contributed by atoms with van der Waals surface area (Å²) in [6, 6.07) is 13.3. The lowest BCUT2D eigenvalue weighted by Crippen LogP contribution is -2.41. The van der Waals surface area contributed by atoms with E-state index in [4.69, 9.17) is 19.5 Å². The van der Waals surface area contributed by atoms with E-state index in [1.807, 2.05) is 24.9 Å². The largest absolute Gasteiger partial charge is 0.477 e. The van der Waals surface area contributed by atoms with E-state index in [1.54, 1.807) is 0 Å². The van der Waals surface area contributed by atoms with Gasteiger partial charge < -0.3 is 14.4 Å². The first-order valence-corrected chi connectivity index (χ1v) is 13.4. The Balaban J connectivity index is 1.38. The van der Waals surface area contributed by atoms with Crippen LogP contribution in [0, 0.1) is 18.8 Å². The molecule has 190 valence electrons. The van der Waals surface area contributed by atoms with Crippen molar-refractivity contribution < 1.29 is 9.47 Å². The second kappa shape index (κ2) is 9.10. The average molecular weight is 497 g/mol. The number of aromatic nitrogens is 4. The number of anilines is 1. The molecule has 8 nitrogen and oxygen atoms in total. The van der Waals surface area contributed by atoms with Crippen LogP contribution in [0.25, 0.3) is 16.8 Å². The van der Waals surface area contributed by atoms with E-state index in [0.29, 0.717) is 11.8 Å². The Kier molecular flexibility index (Phi) is 5.57. The van der Waals surface area contributed by atoms with Crippen LogP contribution in [0.1, 0.15) is 48.7 Å². The predicted molar refractivity (Wildman–Crippen MR) is 142 cm³/mol. The number of hydrogen-bond acceptors (Lipinski definition) is 7. The topological polar surface area (TPSA) is 77.7 Å². The van der Waals surface area contributed by atoms with Gasteiger partial charge in [-0.25, -0.2) is 9.67 Å². The molecule has 8 heteroatoms. The maximum absolute atomic E-state index is 6.29. The molecular formula is C29H32N6O2. The minimum atomic E-state index is -0.00855. The summed E-state index contributed by atoms with van der Waals surface area (Å²) in [5, 5.41) is 8.52. The minimum Gasteiger partial charge on any atom is -0.477 e. The van der Waals surface area contributed by atoms with Crippen LogP contribution in [0.3, 0.4) is 0 Å². The van der Waals surface area contributed by atoms with Gasteiger partial charge in [0.15, 0.2) is 0 Å². The SMILES string of the molecule is Cc1nnn(C)c1-c1cnc2c(c1)N([C@H](c1ccccc1)C1CCOCC1)C1C=NC(OCC3CC3)=C21. The molecule has 37 heavy (non-hydrogen) atoms. The van der Waals surface area contributed by atoms with Gasteiger partial charge in [-0.1, -0.05) is 35.5 Å². The Morgan fingerprint density at radius 1 is 1.11 bits per heavy atom. The fourth-order valence-corrected chi connectivity index (χ4v) is 6.11. The normalized spacial score (nSPS) is 21.9. The molecule has 1 unspecified atom stereocenters. The minimum absolute atomic E-state index is 0.00855. The molecule has 0 radical (unpaired) electrons. The molecule has 2 fully saturated rings. The van der Waals surface area contributed by atoms with Crippen molar-refractivity contribution in [3.63, 3.8) is 0 Å². The summed E-state index contributed by atoms with van der Waals surface area (Å²) in [5.74, 6) is 1.85. The van der Waals surface area contributed by atoms with Crippen LogP contribution in [-0.4, -0.2) is 52.1 Å². The lowest BCUT2D eigenvalue weighted by Gasteiger charge is -2.40. The summed E-state index contributed by atoms with van der Waals surface area (Å²) in [6.07, 6.45) is 8.55. The molecule has 0 N–H and O–H groups in total. The Morgan fingerprint density at radius 2 is 1.92 bits per heavy atom. The fourth-order valence-electron chi connectivity index (χ4n) is 6.11. The summed E-state index contributed by atoms with van der Waals surface area (Å²) < 4.78 is 13.9. The number of aryl methyl sites for hydroxylation is 2. The van der Waals surface area contributed by atoms with Crippen molar-refractivity contribution in [1.29, 1.82) is 0 Å². The van der Waals surface area contributed by atoms with Gasteiger partial charge in [0, 0.05) is 38.2 Å². The molecule has 3 aliphatic heterocycles. The lowest BCUT2D eigenvalue weighted by atomic mass is 9.85. The second-order valence-corrected chi connectivity index (χ2v) is 10.6. The van der Waals surface area contributed by atoms with E-state index in [9.17, 15) is 0 Å². The third-order valence-corrected chi connectivity index (χ3v) is 8.13. The monoisotopic (exact) mass is 496 g/mol. The summed E-state index contributed by atoms with van der Waals surface area (Å²) in [5.41, 5.74) is 7.40. The van der Waals surface area contributed by atoms with Crippen molar-refractivity contribution in [3.8, 4) is 11.3 Å². The molecule has 1 aliphatic carbocycles. The maximum Gasteiger partial charge on any atom is 0.221 e. The fraction of sp³-hybridized carbons (Fsp3) is 0.448. The van der Waals surface area contributed by atoms with Gasteiger partial charge in [-0.2, -0.15) is 0 Å². The van der Waals surface area contributed by atoms with Crippen LogP contribution < -0.4 is 4.90 Å². The number of benzene rings is 1. The number of nitrogens with zero attached hydrogens (tertiary/aromatic N) is 6. The van der Waals surface area contributed by atoms with Crippen LogP contribution >= 0.6 is 0 Å². The highest BCUT2D eigenvalue weighted by Gasteiger charge is 2.46. The first kappa shape index (κ1) is 22.7. The molecule has 1 aromatic carbocycles. The molecule has 4 aliphatic rings. The number of fused-ring (bicyclic) bond motifs is 3. The third kappa shape index (κ3) is 3.94. The molecule has 5 heterocycles. The number of pyridine rings is 1. The molecule has 2 atom stereocenters. The van der Waals surface area contributed by atoms with Crippen molar-refractivity contribution in [2.75, 3.05) is 24.7 Å². The van der Waals surface area contributed by atoms with E-state index >= 15 is 0 Å². The van der Waals surface area contributed by atoms with Crippen LogP contribution in [-0.2, 0) is 16.5 Å². The van der Waals surface area contributed by atoms with Crippen LogP contribution in [0.15, 0.2) is 53.5 Å². The van der Waals surface area contributed by atoms with E-state index in [2.05, 4.69) is 57.8 Å². The van der Waals surface area contributed by atoms with Crippen molar-refractivity contribution in [3.05, 3.63) is 65.4 Å². The quantitative estimate of drug-likeness (QED) is 0.471. The van der Waals surface area contributed by atoms with E-state index < -0.39 is 0 Å². The Hall–Kier alpha value is -3.52. The van der Waals surface area contributed by atoms with Crippen molar-refractivity contribution in [2.45, 2.75) is 44.7 Å². The zero-order valence-electron chi connectivity index (χ0n) is 21.4. The number of hydrogen-bond donors (Lipinski definition) is 0. The maximum atomic E-state index is 6.29. The first-order chi connectivity index (χ1) is 18.2. The standard InChI is InChI=1S/C29H32N6O2/c1-18-27(34(2)33-32-18)22-14-23-26(30-15-22)25-24(16-31-29(25)37-17-19-8-9-19)35(23)28(20-6-4-3-5-7-20)21-10-12-36-13-11-21/h3-7,14-16,19,21,24,28H,8-13,17H2,1-2H3/t24?,28-/m1/s1. The zero-order chi connectivity index (χ0) is 24.9. The lowest BCUT2D eigenvalue weighted by molar-refractivity contribution is 0.0573. The molecular weight excluding hydrogens is 464 g/mol. The van der Waals surface area contributed by atoms with Crippen molar-refractivity contribution in [2.24, 2.45) is 23.9 Å². The molecule has 1 saturated carbocycles. The average Bonchev–Trinajstić information content (AvgIpc) is 3.47. The number of rotatable bonds is 7. The summed E-state index contributed by atoms with van der Waals surface area (Å²) in [7, 11) is 1.93. The summed E-state index contributed by atoms with van der Waals surface area (Å²) in [4.78, 5) is 12.4. The third-order valence-electron chi connectivity index (χ3n) is 8.13. The number of aliphatic imine (C=N–C) groups is 1. The Labute approximate surface area is 217 Å². The summed E-state index contributed by atoms with van der Waals surface area (Å²) in [6.45, 7) is 4.32. The van der Waals surface area contributed by atoms with E-state index in [0.717, 1.165) is 72.5 Å². The van der Waals surface area contributed by atoms with Crippen molar-refractivity contribution in [1.82, 2.24) is 20.0 Å². The Bertz CT molecular complexity index is 1350. The molecule has 1 saturated heterocycles.